The van der Waals surface area contributed by atoms with Gasteiger partial charge in [0.1, 0.15) is 5.78 Å². The van der Waals surface area contributed by atoms with E-state index < -0.39 is 17.8 Å². The molecule has 1 aliphatic rings. The molecule has 0 saturated heterocycles. The van der Waals surface area contributed by atoms with E-state index in [9.17, 15) is 9.59 Å². The minimum absolute atomic E-state index is 0.000324. The molecule has 1 aliphatic carbocycles. The highest BCUT2D eigenvalue weighted by molar-refractivity contribution is 5.89. The summed E-state index contributed by atoms with van der Waals surface area (Å²) in [6.45, 7) is 0. The van der Waals surface area contributed by atoms with Crippen molar-refractivity contribution in [3.05, 3.63) is 0 Å². The molecule has 0 aromatic rings. The molecule has 0 unspecified atom stereocenters. The van der Waals surface area contributed by atoms with Gasteiger partial charge in [-0.2, -0.15) is 0 Å². The Kier molecular flexibility index (Phi) is 2.49. The molecule has 0 aromatic heterocycles. The lowest BCUT2D eigenvalue weighted by Gasteiger charge is -2.09. The Morgan fingerprint density at radius 1 is 1.75 bits per heavy atom. The van der Waals surface area contributed by atoms with Gasteiger partial charge >= 0.3 is 5.97 Å². The zero-order valence-electron chi connectivity index (χ0n) is 6.62. The van der Waals surface area contributed by atoms with Crippen LogP contribution in [0.4, 0.5) is 0 Å². The third-order valence-electron chi connectivity index (χ3n) is 2.26. The molecule has 1 N–H and O–H groups in total. The smallest absolute Gasteiger partial charge is 0.307 e. The molecule has 1 rings (SSSR count). The molecule has 2 atom stereocenters. The molecule has 0 spiro atoms. The van der Waals surface area contributed by atoms with Crippen LogP contribution in [0.5, 0.6) is 0 Å². The molecule has 0 aliphatic heterocycles. The molecule has 3 heteroatoms. The van der Waals surface area contributed by atoms with Crippen LogP contribution in [0.15, 0.2) is 0 Å². The quantitative estimate of drug-likeness (QED) is 0.614. The van der Waals surface area contributed by atoms with Gasteiger partial charge in [0, 0.05) is 18.8 Å². The van der Waals surface area contributed by atoms with Gasteiger partial charge in [-0.3, -0.25) is 9.59 Å². The standard InChI is InChI=1S/C9H10O3/c1-2-3-6-7(9(11)12)4-5-8(6)10/h1,6-7H,3-5H2,(H,11,12)/t6-,7+/m0/s1. The molecule has 0 radical (unpaired) electrons. The average molecular weight is 166 g/mol. The molecule has 12 heavy (non-hydrogen) atoms. The number of aliphatic carboxylic acids is 1. The number of carboxylic acid groups (broad SMARTS) is 1. The SMILES string of the molecule is C#CC[C@@H]1C(=O)CC[C@H]1C(=O)O. The van der Waals surface area contributed by atoms with E-state index in [1.54, 1.807) is 0 Å². The third kappa shape index (κ3) is 1.48. The number of hydrogen-bond donors (Lipinski definition) is 1. The lowest BCUT2D eigenvalue weighted by atomic mass is 9.93. The van der Waals surface area contributed by atoms with Crippen molar-refractivity contribution in [3.8, 4) is 12.3 Å². The number of carbonyl (C=O) groups excluding carboxylic acids is 1. The Hall–Kier alpha value is -1.30. The monoisotopic (exact) mass is 166 g/mol. The summed E-state index contributed by atoms with van der Waals surface area (Å²) in [6, 6.07) is 0. The number of rotatable bonds is 2. The second kappa shape index (κ2) is 3.40. The van der Waals surface area contributed by atoms with Gasteiger partial charge in [0.25, 0.3) is 0 Å². The second-order valence-corrected chi connectivity index (χ2v) is 2.96. The van der Waals surface area contributed by atoms with Crippen LogP contribution in [-0.2, 0) is 9.59 Å². The summed E-state index contributed by atoms with van der Waals surface area (Å²) in [5, 5.41) is 8.71. The fourth-order valence-electron chi connectivity index (χ4n) is 1.59. The molecule has 0 amide bonds. The molecule has 0 heterocycles. The fraction of sp³-hybridized carbons (Fsp3) is 0.556. The Bertz CT molecular complexity index is 249. The maximum absolute atomic E-state index is 11.1. The van der Waals surface area contributed by atoms with Crippen molar-refractivity contribution in [1.29, 1.82) is 0 Å². The van der Waals surface area contributed by atoms with Gasteiger partial charge in [-0.15, -0.1) is 12.3 Å². The van der Waals surface area contributed by atoms with Crippen molar-refractivity contribution in [2.45, 2.75) is 19.3 Å². The van der Waals surface area contributed by atoms with Crippen LogP contribution >= 0.6 is 0 Å². The Balaban J connectivity index is 2.71. The molecule has 3 nitrogen and oxygen atoms in total. The van der Waals surface area contributed by atoms with Crippen LogP contribution in [0.3, 0.4) is 0 Å². The summed E-state index contributed by atoms with van der Waals surface area (Å²) in [4.78, 5) is 21.7. The van der Waals surface area contributed by atoms with Crippen LogP contribution in [0, 0.1) is 24.2 Å². The number of terminal acetylenes is 1. The van der Waals surface area contributed by atoms with E-state index in [0.717, 1.165) is 0 Å². The van der Waals surface area contributed by atoms with Crippen molar-refractivity contribution >= 4 is 11.8 Å². The molecule has 64 valence electrons. The maximum atomic E-state index is 11.1. The van der Waals surface area contributed by atoms with E-state index in [2.05, 4.69) is 5.92 Å². The molecule has 1 fully saturated rings. The van der Waals surface area contributed by atoms with Gasteiger partial charge in [0.05, 0.1) is 5.92 Å². The van der Waals surface area contributed by atoms with Crippen LogP contribution in [0.1, 0.15) is 19.3 Å². The molecule has 1 saturated carbocycles. The summed E-state index contributed by atoms with van der Waals surface area (Å²) in [5.41, 5.74) is 0. The largest absolute Gasteiger partial charge is 0.481 e. The number of carbonyl (C=O) groups is 2. The fourth-order valence-corrected chi connectivity index (χ4v) is 1.59. The number of Topliss-reactive ketones (excluding diaryl/α,β-unsaturated/α-hetero) is 1. The van der Waals surface area contributed by atoms with Crippen molar-refractivity contribution in [3.63, 3.8) is 0 Å². The van der Waals surface area contributed by atoms with Crippen LogP contribution in [0.25, 0.3) is 0 Å². The van der Waals surface area contributed by atoms with Crippen molar-refractivity contribution in [1.82, 2.24) is 0 Å². The van der Waals surface area contributed by atoms with Gasteiger partial charge in [-0.05, 0) is 6.42 Å². The summed E-state index contributed by atoms with van der Waals surface area (Å²) in [7, 11) is 0. The van der Waals surface area contributed by atoms with Crippen LogP contribution < -0.4 is 0 Å². The highest BCUT2D eigenvalue weighted by Crippen LogP contribution is 2.30. The van der Waals surface area contributed by atoms with Crippen molar-refractivity contribution < 1.29 is 14.7 Å². The summed E-state index contributed by atoms with van der Waals surface area (Å²) in [5.74, 6) is 0.454. The first kappa shape index (κ1) is 8.79. The zero-order chi connectivity index (χ0) is 9.14. The maximum Gasteiger partial charge on any atom is 0.307 e. The van der Waals surface area contributed by atoms with E-state index in [1.807, 2.05) is 0 Å². The minimum atomic E-state index is -0.902. The predicted molar refractivity (Wildman–Crippen MR) is 42.3 cm³/mol. The molecular weight excluding hydrogens is 156 g/mol. The zero-order valence-corrected chi connectivity index (χ0v) is 6.62. The van der Waals surface area contributed by atoms with E-state index in [1.165, 1.54) is 0 Å². The molecule has 0 aromatic carbocycles. The Morgan fingerprint density at radius 3 is 2.92 bits per heavy atom. The Labute approximate surface area is 70.8 Å². The van der Waals surface area contributed by atoms with E-state index in [0.29, 0.717) is 12.8 Å². The number of carboxylic acids is 1. The third-order valence-corrected chi connectivity index (χ3v) is 2.26. The average Bonchev–Trinajstić information content (AvgIpc) is 2.34. The van der Waals surface area contributed by atoms with Crippen molar-refractivity contribution in [2.24, 2.45) is 11.8 Å². The van der Waals surface area contributed by atoms with Gasteiger partial charge in [-0.1, -0.05) is 0 Å². The van der Waals surface area contributed by atoms with Crippen LogP contribution in [0.2, 0.25) is 0 Å². The second-order valence-electron chi connectivity index (χ2n) is 2.96. The molecular formula is C9H10O3. The first-order chi connectivity index (χ1) is 5.66. The first-order valence-electron chi connectivity index (χ1n) is 3.85. The minimum Gasteiger partial charge on any atom is -0.481 e. The number of ketones is 1. The van der Waals surface area contributed by atoms with E-state index >= 15 is 0 Å². The Morgan fingerprint density at radius 2 is 2.42 bits per heavy atom. The molecule has 0 bridgehead atoms. The van der Waals surface area contributed by atoms with E-state index in [-0.39, 0.29) is 12.2 Å². The first-order valence-corrected chi connectivity index (χ1v) is 3.85. The number of hydrogen-bond acceptors (Lipinski definition) is 2. The normalized spacial score (nSPS) is 28.4. The van der Waals surface area contributed by atoms with Gasteiger partial charge in [0.15, 0.2) is 0 Å². The highest BCUT2D eigenvalue weighted by atomic mass is 16.4. The highest BCUT2D eigenvalue weighted by Gasteiger charge is 2.38. The van der Waals surface area contributed by atoms with Crippen molar-refractivity contribution in [2.75, 3.05) is 0 Å². The summed E-state index contributed by atoms with van der Waals surface area (Å²) < 4.78 is 0. The lowest BCUT2D eigenvalue weighted by molar-refractivity contribution is -0.144. The van der Waals surface area contributed by atoms with E-state index in [4.69, 9.17) is 11.5 Å². The van der Waals surface area contributed by atoms with Gasteiger partial charge < -0.3 is 5.11 Å². The topological polar surface area (TPSA) is 54.4 Å². The van der Waals surface area contributed by atoms with Crippen LogP contribution in [-0.4, -0.2) is 16.9 Å². The summed E-state index contributed by atoms with van der Waals surface area (Å²) >= 11 is 0. The van der Waals surface area contributed by atoms with Gasteiger partial charge in [0.2, 0.25) is 0 Å². The summed E-state index contributed by atoms with van der Waals surface area (Å²) in [6.07, 6.45) is 6.11. The predicted octanol–water partition coefficient (Wildman–Crippen LogP) is 0.690. The lowest BCUT2D eigenvalue weighted by Crippen LogP contribution is -2.21. The van der Waals surface area contributed by atoms with Gasteiger partial charge in [-0.25, -0.2) is 0 Å².